The minimum atomic E-state index is 0.519. The second-order valence-electron chi connectivity index (χ2n) is 3.88. The molecule has 0 heterocycles. The van der Waals surface area contributed by atoms with Crippen molar-refractivity contribution in [2.45, 2.75) is 6.42 Å². The maximum Gasteiger partial charge on any atom is 0.153 e. The number of halogens is 1. The highest BCUT2D eigenvalue weighted by atomic mass is 35.5. The molecule has 0 atom stereocenters. The molecule has 0 spiro atoms. The molecule has 92 valence electrons. The molecule has 0 aliphatic heterocycles. The smallest absolute Gasteiger partial charge is 0.153 e. The summed E-state index contributed by atoms with van der Waals surface area (Å²) in [6, 6.07) is 15.0. The maximum atomic E-state index is 10.8. The van der Waals surface area contributed by atoms with Crippen LogP contribution in [0.5, 0.6) is 5.75 Å². The third-order valence-electron chi connectivity index (χ3n) is 2.59. The number of aldehydes is 1. The molecule has 0 saturated carbocycles. The van der Waals surface area contributed by atoms with Crippen molar-refractivity contribution in [2.24, 2.45) is 0 Å². The van der Waals surface area contributed by atoms with Crippen molar-refractivity contribution in [2.75, 3.05) is 6.61 Å². The molecular formula is C15H13ClO2. The summed E-state index contributed by atoms with van der Waals surface area (Å²) in [7, 11) is 0. The van der Waals surface area contributed by atoms with E-state index in [9.17, 15) is 4.79 Å². The Kier molecular flexibility index (Phi) is 4.37. The van der Waals surface area contributed by atoms with Crippen LogP contribution in [0.2, 0.25) is 5.02 Å². The maximum absolute atomic E-state index is 10.8. The quantitative estimate of drug-likeness (QED) is 0.765. The summed E-state index contributed by atoms with van der Waals surface area (Å²) < 4.78 is 5.60. The van der Waals surface area contributed by atoms with E-state index in [2.05, 4.69) is 0 Å². The van der Waals surface area contributed by atoms with Gasteiger partial charge in [-0.2, -0.15) is 0 Å². The third-order valence-corrected chi connectivity index (χ3v) is 2.83. The molecule has 2 rings (SSSR count). The first kappa shape index (κ1) is 12.7. The van der Waals surface area contributed by atoms with Gasteiger partial charge in [-0.05, 0) is 23.8 Å². The Hall–Kier alpha value is -1.80. The Morgan fingerprint density at radius 3 is 2.61 bits per heavy atom. The molecule has 0 amide bonds. The molecule has 0 unspecified atom stereocenters. The molecule has 0 aliphatic rings. The van der Waals surface area contributed by atoms with Gasteiger partial charge in [0.05, 0.1) is 12.2 Å². The minimum Gasteiger partial charge on any atom is -0.492 e. The van der Waals surface area contributed by atoms with Crippen molar-refractivity contribution in [3.63, 3.8) is 0 Å². The first-order valence-electron chi connectivity index (χ1n) is 5.71. The van der Waals surface area contributed by atoms with Gasteiger partial charge < -0.3 is 4.74 Å². The Morgan fingerprint density at radius 2 is 1.89 bits per heavy atom. The van der Waals surface area contributed by atoms with Gasteiger partial charge >= 0.3 is 0 Å². The van der Waals surface area contributed by atoms with Crippen LogP contribution in [0, 0.1) is 0 Å². The van der Waals surface area contributed by atoms with Gasteiger partial charge in [0.15, 0.2) is 6.29 Å². The predicted molar refractivity (Wildman–Crippen MR) is 72.5 cm³/mol. The number of hydrogen-bond acceptors (Lipinski definition) is 2. The zero-order chi connectivity index (χ0) is 12.8. The SMILES string of the molecule is O=Cc1ccc(Cl)cc1OCCc1ccccc1. The second-order valence-corrected chi connectivity index (χ2v) is 4.32. The fraction of sp³-hybridized carbons (Fsp3) is 0.133. The number of hydrogen-bond donors (Lipinski definition) is 0. The van der Waals surface area contributed by atoms with Gasteiger partial charge in [-0.3, -0.25) is 4.79 Å². The average molecular weight is 261 g/mol. The minimum absolute atomic E-state index is 0.519. The lowest BCUT2D eigenvalue weighted by atomic mass is 10.2. The fourth-order valence-corrected chi connectivity index (χ4v) is 1.82. The first-order chi connectivity index (χ1) is 8.79. The van der Waals surface area contributed by atoms with Crippen LogP contribution in [0.1, 0.15) is 15.9 Å². The van der Waals surface area contributed by atoms with Gasteiger partial charge in [-0.1, -0.05) is 41.9 Å². The van der Waals surface area contributed by atoms with Gasteiger partial charge in [-0.15, -0.1) is 0 Å². The number of benzene rings is 2. The summed E-state index contributed by atoms with van der Waals surface area (Å²) in [5, 5.41) is 0.565. The Labute approximate surface area is 111 Å². The molecule has 0 radical (unpaired) electrons. The number of carbonyl (C=O) groups excluding carboxylic acids is 1. The number of carbonyl (C=O) groups is 1. The van der Waals surface area contributed by atoms with Gasteiger partial charge in [0.1, 0.15) is 5.75 Å². The van der Waals surface area contributed by atoms with Crippen LogP contribution in [0.3, 0.4) is 0 Å². The normalized spacial score (nSPS) is 10.1. The molecule has 0 bridgehead atoms. The third kappa shape index (κ3) is 3.34. The monoisotopic (exact) mass is 260 g/mol. The Balaban J connectivity index is 1.98. The topological polar surface area (TPSA) is 26.3 Å². The van der Waals surface area contributed by atoms with Crippen molar-refractivity contribution >= 4 is 17.9 Å². The van der Waals surface area contributed by atoms with Crippen molar-refractivity contribution in [3.8, 4) is 5.75 Å². The molecule has 18 heavy (non-hydrogen) atoms. The van der Waals surface area contributed by atoms with Crippen LogP contribution >= 0.6 is 11.6 Å². The van der Waals surface area contributed by atoms with Gasteiger partial charge in [-0.25, -0.2) is 0 Å². The highest BCUT2D eigenvalue weighted by Gasteiger charge is 2.03. The van der Waals surface area contributed by atoms with E-state index in [0.717, 1.165) is 12.7 Å². The molecule has 0 fully saturated rings. The molecule has 0 aliphatic carbocycles. The molecular weight excluding hydrogens is 248 g/mol. The van der Waals surface area contributed by atoms with E-state index in [1.807, 2.05) is 30.3 Å². The Bertz CT molecular complexity index is 523. The van der Waals surface area contributed by atoms with Gasteiger partial charge in [0, 0.05) is 11.4 Å². The lowest BCUT2D eigenvalue weighted by molar-refractivity contribution is 0.111. The molecule has 2 aromatic rings. The molecule has 3 heteroatoms. The highest BCUT2D eigenvalue weighted by molar-refractivity contribution is 6.30. The fourth-order valence-electron chi connectivity index (χ4n) is 1.65. The van der Waals surface area contributed by atoms with Crippen molar-refractivity contribution in [1.82, 2.24) is 0 Å². The van der Waals surface area contributed by atoms with Gasteiger partial charge in [0.25, 0.3) is 0 Å². The van der Waals surface area contributed by atoms with E-state index in [1.165, 1.54) is 5.56 Å². The lowest BCUT2D eigenvalue weighted by Crippen LogP contribution is -2.03. The van der Waals surface area contributed by atoms with E-state index >= 15 is 0 Å². The van der Waals surface area contributed by atoms with E-state index in [1.54, 1.807) is 18.2 Å². The Morgan fingerprint density at radius 1 is 1.11 bits per heavy atom. The summed E-state index contributed by atoms with van der Waals surface area (Å²) in [5.41, 5.74) is 1.72. The number of rotatable bonds is 5. The first-order valence-corrected chi connectivity index (χ1v) is 6.09. The zero-order valence-electron chi connectivity index (χ0n) is 9.80. The summed E-state index contributed by atoms with van der Waals surface area (Å²) in [4.78, 5) is 10.8. The largest absolute Gasteiger partial charge is 0.492 e. The van der Waals surface area contributed by atoms with Crippen molar-refractivity contribution in [3.05, 3.63) is 64.7 Å². The van der Waals surface area contributed by atoms with Crippen LogP contribution in [0.25, 0.3) is 0 Å². The van der Waals surface area contributed by atoms with Crippen LogP contribution in [0.4, 0.5) is 0 Å². The van der Waals surface area contributed by atoms with E-state index in [4.69, 9.17) is 16.3 Å². The van der Waals surface area contributed by atoms with Gasteiger partial charge in [0.2, 0.25) is 0 Å². The summed E-state index contributed by atoms with van der Waals surface area (Å²) in [6.45, 7) is 0.519. The van der Waals surface area contributed by atoms with Crippen molar-refractivity contribution < 1.29 is 9.53 Å². The molecule has 0 saturated heterocycles. The second kappa shape index (κ2) is 6.22. The van der Waals surface area contributed by atoms with Crippen molar-refractivity contribution in [1.29, 1.82) is 0 Å². The van der Waals surface area contributed by atoms with E-state index < -0.39 is 0 Å². The molecule has 0 N–H and O–H groups in total. The molecule has 2 aromatic carbocycles. The highest BCUT2D eigenvalue weighted by Crippen LogP contribution is 2.22. The van der Waals surface area contributed by atoms with Crippen LogP contribution in [0.15, 0.2) is 48.5 Å². The summed E-state index contributed by atoms with van der Waals surface area (Å²) in [6.07, 6.45) is 1.57. The molecule has 2 nitrogen and oxygen atoms in total. The summed E-state index contributed by atoms with van der Waals surface area (Å²) in [5.74, 6) is 0.536. The lowest BCUT2D eigenvalue weighted by Gasteiger charge is -2.08. The van der Waals surface area contributed by atoms with Crippen LogP contribution in [-0.2, 0) is 6.42 Å². The average Bonchev–Trinajstić information content (AvgIpc) is 2.40. The van der Waals surface area contributed by atoms with E-state index in [0.29, 0.717) is 22.9 Å². The predicted octanol–water partition coefficient (Wildman–Crippen LogP) is 3.77. The molecule has 0 aromatic heterocycles. The summed E-state index contributed by atoms with van der Waals surface area (Å²) >= 11 is 5.87. The van der Waals surface area contributed by atoms with Crippen LogP contribution < -0.4 is 4.74 Å². The number of ether oxygens (including phenoxy) is 1. The zero-order valence-corrected chi connectivity index (χ0v) is 10.6. The standard InChI is InChI=1S/C15H13ClO2/c16-14-7-6-13(11-17)15(10-14)18-9-8-12-4-2-1-3-5-12/h1-7,10-11H,8-9H2. The van der Waals surface area contributed by atoms with Crippen LogP contribution in [-0.4, -0.2) is 12.9 Å². The van der Waals surface area contributed by atoms with E-state index in [-0.39, 0.29) is 0 Å².